The second-order valence-electron chi connectivity index (χ2n) is 9.39. The third-order valence-electron chi connectivity index (χ3n) is 6.95. The molecule has 5 rings (SSSR count). The van der Waals surface area contributed by atoms with Crippen molar-refractivity contribution in [2.24, 2.45) is 17.8 Å². The molecule has 0 saturated heterocycles. The largest absolute Gasteiger partial charge is 0.497 e. The van der Waals surface area contributed by atoms with Gasteiger partial charge in [0.2, 0.25) is 15.9 Å². The first-order valence-corrected chi connectivity index (χ1v) is 12.5. The molecule has 4 fully saturated rings. The van der Waals surface area contributed by atoms with E-state index in [9.17, 15) is 13.2 Å². The maximum atomic E-state index is 12.7. The molecular weight excluding hydrogens is 388 g/mol. The van der Waals surface area contributed by atoms with E-state index in [1.807, 2.05) is 0 Å². The monoisotopic (exact) mass is 420 g/mol. The molecule has 0 unspecified atom stereocenters. The summed E-state index contributed by atoms with van der Waals surface area (Å²) in [5.74, 6) is 3.03. The van der Waals surface area contributed by atoms with Crippen molar-refractivity contribution in [3.8, 4) is 5.75 Å². The molecule has 7 heteroatoms. The van der Waals surface area contributed by atoms with Crippen LogP contribution in [0.25, 0.3) is 0 Å². The number of anilines is 1. The van der Waals surface area contributed by atoms with Crippen LogP contribution in [0.5, 0.6) is 5.75 Å². The van der Waals surface area contributed by atoms with E-state index in [0.29, 0.717) is 24.3 Å². The number of hydrogen-bond donors (Lipinski definition) is 1. The van der Waals surface area contributed by atoms with Crippen molar-refractivity contribution >= 4 is 21.6 Å². The summed E-state index contributed by atoms with van der Waals surface area (Å²) in [7, 11) is -1.88. The molecule has 1 N–H and O–H groups in total. The molecule has 160 valence electrons. The van der Waals surface area contributed by atoms with E-state index in [-0.39, 0.29) is 18.0 Å². The maximum absolute atomic E-state index is 12.7. The van der Waals surface area contributed by atoms with Gasteiger partial charge in [-0.15, -0.1) is 0 Å². The summed E-state index contributed by atoms with van der Waals surface area (Å²) >= 11 is 0. The van der Waals surface area contributed by atoms with E-state index in [4.69, 9.17) is 4.74 Å². The van der Waals surface area contributed by atoms with Gasteiger partial charge in [-0.2, -0.15) is 0 Å². The topological polar surface area (TPSA) is 75.7 Å². The maximum Gasteiger partial charge on any atom is 0.232 e. The molecule has 0 atom stereocenters. The lowest BCUT2D eigenvalue weighted by atomic mass is 9.53. The predicted octanol–water partition coefficient (Wildman–Crippen LogP) is 3.33. The number of hydrogen-bond acceptors (Lipinski definition) is 4. The van der Waals surface area contributed by atoms with E-state index in [0.717, 1.165) is 37.0 Å². The molecule has 4 saturated carbocycles. The van der Waals surface area contributed by atoms with E-state index in [1.165, 1.54) is 29.8 Å². The molecule has 1 aromatic rings. The lowest BCUT2D eigenvalue weighted by Crippen LogP contribution is -2.59. The van der Waals surface area contributed by atoms with Crippen LogP contribution in [0.2, 0.25) is 0 Å². The molecular formula is C22H32N2O4S. The highest BCUT2D eigenvalue weighted by Crippen LogP contribution is 2.55. The van der Waals surface area contributed by atoms with E-state index in [2.05, 4.69) is 5.32 Å². The molecule has 1 amide bonds. The molecule has 0 radical (unpaired) electrons. The van der Waals surface area contributed by atoms with Crippen LogP contribution in [0, 0.1) is 17.8 Å². The third kappa shape index (κ3) is 4.55. The summed E-state index contributed by atoms with van der Waals surface area (Å²) in [6.45, 7) is 0.278. The Kier molecular flexibility index (Phi) is 5.53. The van der Waals surface area contributed by atoms with Crippen LogP contribution in [0.4, 0.5) is 5.69 Å². The normalized spacial score (nSPS) is 30.2. The van der Waals surface area contributed by atoms with E-state index in [1.54, 1.807) is 31.4 Å². The predicted molar refractivity (Wildman–Crippen MR) is 113 cm³/mol. The Hall–Kier alpha value is -1.76. The van der Waals surface area contributed by atoms with Crippen LogP contribution >= 0.6 is 0 Å². The number of amides is 1. The molecule has 4 bridgehead atoms. The van der Waals surface area contributed by atoms with Crippen LogP contribution in [0.3, 0.4) is 0 Å². The smallest absolute Gasteiger partial charge is 0.232 e. The Balaban J connectivity index is 1.35. The fourth-order valence-corrected chi connectivity index (χ4v) is 7.21. The zero-order valence-electron chi connectivity index (χ0n) is 17.4. The average molecular weight is 421 g/mol. The van der Waals surface area contributed by atoms with Crippen molar-refractivity contribution in [1.29, 1.82) is 0 Å². The van der Waals surface area contributed by atoms with Gasteiger partial charge in [0.15, 0.2) is 0 Å². The van der Waals surface area contributed by atoms with Gasteiger partial charge in [-0.1, -0.05) is 6.07 Å². The average Bonchev–Trinajstić information content (AvgIpc) is 2.62. The number of sulfonamides is 1. The van der Waals surface area contributed by atoms with Crippen molar-refractivity contribution in [2.45, 2.75) is 56.9 Å². The Morgan fingerprint density at radius 1 is 1.17 bits per heavy atom. The molecule has 0 aliphatic heterocycles. The number of benzene rings is 1. The van der Waals surface area contributed by atoms with Gasteiger partial charge in [-0.25, -0.2) is 8.42 Å². The van der Waals surface area contributed by atoms with Gasteiger partial charge < -0.3 is 10.1 Å². The number of carbonyl (C=O) groups excluding carboxylic acids is 1. The second-order valence-corrected chi connectivity index (χ2v) is 11.3. The van der Waals surface area contributed by atoms with Crippen LogP contribution in [0.15, 0.2) is 24.3 Å². The number of carbonyl (C=O) groups is 1. The highest BCUT2D eigenvalue weighted by atomic mass is 32.2. The number of nitrogens with zero attached hydrogens (tertiary/aromatic N) is 1. The summed E-state index contributed by atoms with van der Waals surface area (Å²) in [6, 6.07) is 7.00. The molecule has 4 aliphatic carbocycles. The fraction of sp³-hybridized carbons (Fsp3) is 0.682. The van der Waals surface area contributed by atoms with Gasteiger partial charge in [0.05, 0.1) is 19.1 Å². The van der Waals surface area contributed by atoms with Crippen LogP contribution in [-0.4, -0.2) is 39.8 Å². The summed E-state index contributed by atoms with van der Waals surface area (Å²) in [5, 5.41) is 3.37. The Bertz CT molecular complexity index is 832. The van der Waals surface area contributed by atoms with Gasteiger partial charge >= 0.3 is 0 Å². The van der Waals surface area contributed by atoms with Gasteiger partial charge in [0.1, 0.15) is 5.75 Å². The van der Waals surface area contributed by atoms with E-state index >= 15 is 0 Å². The first kappa shape index (κ1) is 20.5. The van der Waals surface area contributed by atoms with Crippen LogP contribution in [0.1, 0.15) is 51.4 Å². The molecule has 0 spiro atoms. The van der Waals surface area contributed by atoms with Crippen molar-refractivity contribution < 1.29 is 17.9 Å². The lowest BCUT2D eigenvalue weighted by Gasteiger charge is -2.56. The first-order chi connectivity index (χ1) is 13.8. The molecule has 6 nitrogen and oxygen atoms in total. The van der Waals surface area contributed by atoms with Crippen molar-refractivity contribution in [3.05, 3.63) is 24.3 Å². The van der Waals surface area contributed by atoms with Gasteiger partial charge in [-0.05, 0) is 74.8 Å². The Labute approximate surface area is 174 Å². The van der Waals surface area contributed by atoms with Gasteiger partial charge in [0.25, 0.3) is 0 Å². The minimum atomic E-state index is -3.44. The number of methoxy groups -OCH3 is 1. The molecule has 0 heterocycles. The van der Waals surface area contributed by atoms with Crippen molar-refractivity contribution in [2.75, 3.05) is 24.2 Å². The zero-order chi connectivity index (χ0) is 20.6. The van der Waals surface area contributed by atoms with E-state index < -0.39 is 10.0 Å². The fourth-order valence-electron chi connectivity index (χ4n) is 6.26. The molecule has 4 aliphatic rings. The molecule has 0 aromatic heterocycles. The van der Waals surface area contributed by atoms with Crippen molar-refractivity contribution in [1.82, 2.24) is 5.32 Å². The van der Waals surface area contributed by atoms with Gasteiger partial charge in [-0.3, -0.25) is 9.10 Å². The number of rotatable bonds is 8. The summed E-state index contributed by atoms with van der Waals surface area (Å²) in [4.78, 5) is 12.7. The first-order valence-electron chi connectivity index (χ1n) is 10.7. The third-order valence-corrected chi connectivity index (χ3v) is 8.14. The Morgan fingerprint density at radius 3 is 2.34 bits per heavy atom. The highest BCUT2D eigenvalue weighted by Gasteiger charge is 2.51. The second kappa shape index (κ2) is 7.82. The summed E-state index contributed by atoms with van der Waals surface area (Å²) in [5.41, 5.74) is 0.572. The zero-order valence-corrected chi connectivity index (χ0v) is 18.2. The molecule has 1 aromatic carbocycles. The SMILES string of the molecule is COc1cccc(N(CCCC(=O)NC23CC4CC(CC(C4)C2)C3)S(C)(=O)=O)c1. The Morgan fingerprint density at radius 2 is 1.79 bits per heavy atom. The number of nitrogens with one attached hydrogen (secondary N) is 1. The summed E-state index contributed by atoms with van der Waals surface area (Å²) < 4.78 is 31.1. The minimum absolute atomic E-state index is 0.00908. The van der Waals surface area contributed by atoms with Crippen LogP contribution in [-0.2, 0) is 14.8 Å². The summed E-state index contributed by atoms with van der Waals surface area (Å²) in [6.07, 6.45) is 9.46. The standard InChI is InChI=1S/C22H32N2O4S/c1-28-20-6-3-5-19(12-20)24(29(2,26)27)8-4-7-21(25)23-22-13-16-9-17(14-22)11-18(10-16)15-22/h3,5-6,12,16-18H,4,7-11,13-15H2,1-2H3,(H,23,25). The van der Waals surface area contributed by atoms with Crippen molar-refractivity contribution in [3.63, 3.8) is 0 Å². The molecule has 29 heavy (non-hydrogen) atoms. The minimum Gasteiger partial charge on any atom is -0.497 e. The van der Waals surface area contributed by atoms with Gasteiger partial charge in [0, 0.05) is 24.6 Å². The highest BCUT2D eigenvalue weighted by molar-refractivity contribution is 7.92. The quantitative estimate of drug-likeness (QED) is 0.700. The lowest BCUT2D eigenvalue weighted by molar-refractivity contribution is -0.126. The van der Waals surface area contributed by atoms with Crippen LogP contribution < -0.4 is 14.4 Å². The number of ether oxygens (including phenoxy) is 1.